The van der Waals surface area contributed by atoms with Crippen molar-refractivity contribution < 1.29 is 9.47 Å². The molecule has 0 radical (unpaired) electrons. The number of hydrogen-bond donors (Lipinski definition) is 1. The van der Waals surface area contributed by atoms with Crippen LogP contribution in [-0.2, 0) is 9.47 Å². The average Bonchev–Trinajstić information content (AvgIpc) is 2.32. The third kappa shape index (κ3) is 4.82. The lowest BCUT2D eigenvalue weighted by Gasteiger charge is -2.18. The van der Waals surface area contributed by atoms with Gasteiger partial charge in [0.1, 0.15) is 0 Å². The Labute approximate surface area is 122 Å². The molecule has 0 bridgehead atoms. The van der Waals surface area contributed by atoms with Crippen LogP contribution in [0.1, 0.15) is 13.8 Å². The maximum Gasteiger partial charge on any atom is 0.174 e. The molecule has 0 fully saturated rings. The second kappa shape index (κ2) is 8.08. The summed E-state index contributed by atoms with van der Waals surface area (Å²) in [6.07, 6.45) is -0.314. The van der Waals surface area contributed by atoms with Crippen molar-refractivity contribution in [2.75, 3.05) is 25.1 Å². The van der Waals surface area contributed by atoms with E-state index >= 15 is 0 Å². The van der Waals surface area contributed by atoms with E-state index in [0.717, 1.165) is 0 Å². The topological polar surface area (TPSA) is 30.5 Å². The fourth-order valence-corrected chi connectivity index (χ4v) is 2.00. The van der Waals surface area contributed by atoms with Crippen molar-refractivity contribution in [2.24, 2.45) is 0 Å². The predicted molar refractivity (Wildman–Crippen MR) is 77.0 cm³/mol. The van der Waals surface area contributed by atoms with E-state index in [1.165, 1.54) is 0 Å². The molecule has 1 N–H and O–H groups in total. The molecule has 0 heterocycles. The molecule has 1 aromatic rings. The number of hydrogen-bond acceptors (Lipinski definition) is 3. The zero-order valence-electron chi connectivity index (χ0n) is 10.3. The number of nitrogens with one attached hydrogen (secondary N) is 1. The lowest BCUT2D eigenvalue weighted by Crippen LogP contribution is -2.26. The minimum Gasteiger partial charge on any atom is -0.379 e. The van der Waals surface area contributed by atoms with Gasteiger partial charge in [-0.2, -0.15) is 0 Å². The molecule has 0 aliphatic carbocycles. The minimum absolute atomic E-state index is 0.314. The largest absolute Gasteiger partial charge is 0.379 e. The van der Waals surface area contributed by atoms with E-state index in [9.17, 15) is 0 Å². The van der Waals surface area contributed by atoms with Crippen LogP contribution in [0.25, 0.3) is 0 Å². The van der Waals surface area contributed by atoms with Crippen LogP contribution in [0.15, 0.2) is 12.1 Å². The van der Waals surface area contributed by atoms with Crippen LogP contribution in [0.4, 0.5) is 5.69 Å². The summed E-state index contributed by atoms with van der Waals surface area (Å²) in [5.74, 6) is 0. The molecule has 0 unspecified atom stereocenters. The molecule has 0 aliphatic heterocycles. The van der Waals surface area contributed by atoms with Gasteiger partial charge in [0.2, 0.25) is 0 Å². The summed E-state index contributed by atoms with van der Waals surface area (Å²) in [6.45, 7) is 5.48. The number of halogens is 3. The first-order chi connectivity index (χ1) is 8.58. The first-order valence-electron chi connectivity index (χ1n) is 5.70. The molecule has 0 saturated carbocycles. The van der Waals surface area contributed by atoms with Crippen LogP contribution in [0.5, 0.6) is 0 Å². The summed E-state index contributed by atoms with van der Waals surface area (Å²) in [6, 6.07) is 3.28. The van der Waals surface area contributed by atoms with Crippen LogP contribution in [0.3, 0.4) is 0 Å². The summed E-state index contributed by atoms with van der Waals surface area (Å²) in [5.41, 5.74) is 0.704. The monoisotopic (exact) mass is 311 g/mol. The standard InChI is InChI=1S/C12H16Cl3NO2/c1-3-17-12(18-4-2)7-16-11-6-9(14)8(13)5-10(11)15/h5-6,12,16H,3-4,7H2,1-2H3. The normalized spacial score (nSPS) is 11.0. The smallest absolute Gasteiger partial charge is 0.174 e. The molecule has 1 aromatic carbocycles. The lowest BCUT2D eigenvalue weighted by molar-refractivity contribution is -0.126. The first kappa shape index (κ1) is 15.9. The molecular weight excluding hydrogens is 296 g/mol. The third-order valence-electron chi connectivity index (χ3n) is 2.17. The van der Waals surface area contributed by atoms with E-state index in [0.29, 0.717) is 40.5 Å². The number of benzene rings is 1. The molecule has 0 aromatic heterocycles. The van der Waals surface area contributed by atoms with Gasteiger partial charge in [-0.3, -0.25) is 0 Å². The predicted octanol–water partition coefficient (Wildman–Crippen LogP) is 4.46. The Hall–Kier alpha value is -0.190. The molecule has 0 atom stereocenters. The minimum atomic E-state index is -0.314. The molecule has 6 heteroatoms. The second-order valence-electron chi connectivity index (χ2n) is 3.47. The summed E-state index contributed by atoms with van der Waals surface area (Å²) in [7, 11) is 0. The SMILES string of the molecule is CCOC(CNc1cc(Cl)c(Cl)cc1Cl)OCC. The van der Waals surface area contributed by atoms with Crippen molar-refractivity contribution in [1.82, 2.24) is 0 Å². The van der Waals surface area contributed by atoms with Gasteiger partial charge in [0, 0.05) is 13.2 Å². The van der Waals surface area contributed by atoms with E-state index in [1.54, 1.807) is 12.1 Å². The Morgan fingerprint density at radius 1 is 1.00 bits per heavy atom. The Morgan fingerprint density at radius 2 is 1.56 bits per heavy atom. The highest BCUT2D eigenvalue weighted by Gasteiger charge is 2.10. The lowest BCUT2D eigenvalue weighted by atomic mass is 10.3. The molecule has 0 spiro atoms. The zero-order valence-corrected chi connectivity index (χ0v) is 12.6. The zero-order chi connectivity index (χ0) is 13.5. The molecule has 0 amide bonds. The maximum absolute atomic E-state index is 6.05. The van der Waals surface area contributed by atoms with Gasteiger partial charge in [-0.05, 0) is 26.0 Å². The number of anilines is 1. The molecule has 3 nitrogen and oxygen atoms in total. The van der Waals surface area contributed by atoms with Crippen molar-refractivity contribution in [3.05, 3.63) is 27.2 Å². The van der Waals surface area contributed by atoms with Crippen molar-refractivity contribution in [1.29, 1.82) is 0 Å². The number of ether oxygens (including phenoxy) is 2. The van der Waals surface area contributed by atoms with Gasteiger partial charge in [0.05, 0.1) is 27.3 Å². The highest BCUT2D eigenvalue weighted by atomic mass is 35.5. The van der Waals surface area contributed by atoms with Crippen molar-refractivity contribution >= 4 is 40.5 Å². The van der Waals surface area contributed by atoms with Gasteiger partial charge < -0.3 is 14.8 Å². The van der Waals surface area contributed by atoms with Crippen molar-refractivity contribution in [2.45, 2.75) is 20.1 Å². The van der Waals surface area contributed by atoms with Crippen LogP contribution in [-0.4, -0.2) is 26.0 Å². The van der Waals surface area contributed by atoms with E-state index < -0.39 is 0 Å². The fourth-order valence-electron chi connectivity index (χ4n) is 1.39. The van der Waals surface area contributed by atoms with E-state index in [2.05, 4.69) is 5.32 Å². The van der Waals surface area contributed by atoms with Gasteiger partial charge in [-0.15, -0.1) is 0 Å². The van der Waals surface area contributed by atoms with Gasteiger partial charge in [-0.25, -0.2) is 0 Å². The molecule has 18 heavy (non-hydrogen) atoms. The first-order valence-corrected chi connectivity index (χ1v) is 6.83. The Bertz CT molecular complexity index is 382. The van der Waals surface area contributed by atoms with Crippen molar-refractivity contribution in [3.63, 3.8) is 0 Å². The van der Waals surface area contributed by atoms with E-state index in [-0.39, 0.29) is 6.29 Å². The van der Waals surface area contributed by atoms with Crippen LogP contribution in [0.2, 0.25) is 15.1 Å². The van der Waals surface area contributed by atoms with Crippen LogP contribution >= 0.6 is 34.8 Å². The molecule has 102 valence electrons. The average molecular weight is 313 g/mol. The van der Waals surface area contributed by atoms with E-state index in [4.69, 9.17) is 44.3 Å². The molecule has 0 saturated heterocycles. The van der Waals surface area contributed by atoms with Crippen LogP contribution < -0.4 is 5.32 Å². The van der Waals surface area contributed by atoms with Crippen molar-refractivity contribution in [3.8, 4) is 0 Å². The van der Waals surface area contributed by atoms with Gasteiger partial charge in [0.25, 0.3) is 0 Å². The highest BCUT2D eigenvalue weighted by Crippen LogP contribution is 2.32. The summed E-state index contributed by atoms with van der Waals surface area (Å²) in [4.78, 5) is 0. The van der Waals surface area contributed by atoms with E-state index in [1.807, 2.05) is 13.8 Å². The Balaban J connectivity index is 2.64. The van der Waals surface area contributed by atoms with Gasteiger partial charge in [0.15, 0.2) is 6.29 Å². The summed E-state index contributed by atoms with van der Waals surface area (Å²) in [5, 5.41) is 4.52. The molecule has 1 rings (SSSR count). The quantitative estimate of drug-likeness (QED) is 0.595. The summed E-state index contributed by atoms with van der Waals surface area (Å²) < 4.78 is 10.8. The highest BCUT2D eigenvalue weighted by molar-refractivity contribution is 6.44. The Kier molecular flexibility index (Phi) is 7.12. The molecule has 0 aliphatic rings. The summed E-state index contributed by atoms with van der Waals surface area (Å²) >= 11 is 17.8. The molecular formula is C12H16Cl3NO2. The number of rotatable bonds is 7. The van der Waals surface area contributed by atoms with Gasteiger partial charge >= 0.3 is 0 Å². The fraction of sp³-hybridized carbons (Fsp3) is 0.500. The van der Waals surface area contributed by atoms with Crippen LogP contribution in [0, 0.1) is 0 Å². The van der Waals surface area contributed by atoms with Gasteiger partial charge in [-0.1, -0.05) is 34.8 Å². The third-order valence-corrected chi connectivity index (χ3v) is 3.21. The second-order valence-corrected chi connectivity index (χ2v) is 4.69. The maximum atomic E-state index is 6.05. The Morgan fingerprint density at radius 3 is 2.11 bits per heavy atom.